The molecule has 5 heteroatoms. The number of hydrogen-bond donors (Lipinski definition) is 1. The fourth-order valence-corrected chi connectivity index (χ4v) is 4.59. The van der Waals surface area contributed by atoms with E-state index in [1.807, 2.05) is 6.07 Å². The van der Waals surface area contributed by atoms with Gasteiger partial charge >= 0.3 is 0 Å². The van der Waals surface area contributed by atoms with Crippen LogP contribution in [0.15, 0.2) is 24.3 Å². The Bertz CT molecular complexity index is 560. The third-order valence-electron chi connectivity index (χ3n) is 6.07. The molecule has 0 aliphatic carbocycles. The molecule has 0 aromatic heterocycles. The number of nitrogens with zero attached hydrogens (tertiary/aromatic N) is 3. The van der Waals surface area contributed by atoms with Gasteiger partial charge in [-0.3, -0.25) is 9.80 Å². The Morgan fingerprint density at radius 3 is 2.58 bits per heavy atom. The van der Waals surface area contributed by atoms with E-state index in [1.165, 1.54) is 32.0 Å². The minimum absolute atomic E-state index is 0.162. The fourth-order valence-electron chi connectivity index (χ4n) is 4.59. The third kappa shape index (κ3) is 5.03. The number of piperazine rings is 1. The van der Waals surface area contributed by atoms with Crippen LogP contribution in [0.1, 0.15) is 38.7 Å². The number of aliphatic hydroxyl groups is 1. The summed E-state index contributed by atoms with van der Waals surface area (Å²) in [5, 5.41) is 9.56. The predicted octanol–water partition coefficient (Wildman–Crippen LogP) is 2.57. The predicted molar refractivity (Wildman–Crippen MR) is 104 cm³/mol. The standard InChI is InChI=1S/C21H34FN3O/c1-17(2)24-9-6-20(7-10-24)25-12-11-23(16-21(25)8-13-26)15-18-4-3-5-19(22)14-18/h3-5,14,17,20-21,26H,6-13,15-16H2,1-2H3/t21-/m0/s1. The third-order valence-corrected chi connectivity index (χ3v) is 6.07. The van der Waals surface area contributed by atoms with E-state index in [0.29, 0.717) is 18.1 Å². The van der Waals surface area contributed by atoms with Crippen molar-refractivity contribution in [2.75, 3.05) is 39.3 Å². The molecule has 2 aliphatic heterocycles. The maximum absolute atomic E-state index is 13.4. The first-order chi connectivity index (χ1) is 12.6. The number of hydrogen-bond acceptors (Lipinski definition) is 4. The summed E-state index contributed by atoms with van der Waals surface area (Å²) in [6.45, 7) is 11.0. The number of benzene rings is 1. The molecular weight excluding hydrogens is 329 g/mol. The first-order valence-corrected chi connectivity index (χ1v) is 10.1. The zero-order valence-electron chi connectivity index (χ0n) is 16.3. The van der Waals surface area contributed by atoms with Crippen molar-refractivity contribution in [3.63, 3.8) is 0 Å². The van der Waals surface area contributed by atoms with Crippen molar-refractivity contribution >= 4 is 0 Å². The van der Waals surface area contributed by atoms with Crippen molar-refractivity contribution in [3.8, 4) is 0 Å². The highest BCUT2D eigenvalue weighted by molar-refractivity contribution is 5.16. The average Bonchev–Trinajstić information content (AvgIpc) is 2.62. The highest BCUT2D eigenvalue weighted by Gasteiger charge is 2.33. The van der Waals surface area contributed by atoms with Gasteiger partial charge in [0.1, 0.15) is 5.82 Å². The Kier molecular flexibility index (Phi) is 7.04. The topological polar surface area (TPSA) is 30.0 Å². The molecule has 2 aliphatic rings. The molecule has 1 atom stereocenters. The van der Waals surface area contributed by atoms with Crippen LogP contribution in [0.5, 0.6) is 0 Å². The largest absolute Gasteiger partial charge is 0.396 e. The van der Waals surface area contributed by atoms with Gasteiger partial charge in [0, 0.05) is 50.9 Å². The summed E-state index contributed by atoms with van der Waals surface area (Å²) in [5.41, 5.74) is 1.03. The second-order valence-corrected chi connectivity index (χ2v) is 8.13. The van der Waals surface area contributed by atoms with Crippen molar-refractivity contribution in [2.45, 2.75) is 57.8 Å². The van der Waals surface area contributed by atoms with Crippen LogP contribution in [-0.4, -0.2) is 77.3 Å². The Labute approximate surface area is 157 Å². The van der Waals surface area contributed by atoms with Gasteiger partial charge in [0.05, 0.1) is 0 Å². The molecule has 1 aromatic carbocycles. The molecule has 1 N–H and O–H groups in total. The van der Waals surface area contributed by atoms with Gasteiger partial charge in [-0.2, -0.15) is 0 Å². The van der Waals surface area contributed by atoms with Gasteiger partial charge in [-0.1, -0.05) is 12.1 Å². The molecule has 0 bridgehead atoms. The molecule has 3 rings (SSSR count). The first kappa shape index (κ1) is 19.7. The highest BCUT2D eigenvalue weighted by atomic mass is 19.1. The lowest BCUT2D eigenvalue weighted by Gasteiger charge is -2.48. The molecule has 0 spiro atoms. The van der Waals surface area contributed by atoms with Crippen molar-refractivity contribution in [1.29, 1.82) is 0 Å². The lowest BCUT2D eigenvalue weighted by Crippen LogP contribution is -2.58. The van der Waals surface area contributed by atoms with Crippen LogP contribution in [0, 0.1) is 5.82 Å². The number of halogens is 1. The van der Waals surface area contributed by atoms with Gasteiger partial charge < -0.3 is 10.0 Å². The van der Waals surface area contributed by atoms with Crippen molar-refractivity contribution in [3.05, 3.63) is 35.6 Å². The zero-order chi connectivity index (χ0) is 18.5. The van der Waals surface area contributed by atoms with E-state index in [0.717, 1.165) is 38.2 Å². The Balaban J connectivity index is 1.58. The first-order valence-electron chi connectivity index (χ1n) is 10.1. The number of likely N-dealkylation sites (tertiary alicyclic amines) is 1. The lowest BCUT2D eigenvalue weighted by atomic mass is 9.97. The second-order valence-electron chi connectivity index (χ2n) is 8.13. The van der Waals surface area contributed by atoms with E-state index in [1.54, 1.807) is 12.1 Å². The molecule has 26 heavy (non-hydrogen) atoms. The normalized spacial score (nSPS) is 24.4. The van der Waals surface area contributed by atoms with Crippen molar-refractivity contribution in [1.82, 2.24) is 14.7 Å². The van der Waals surface area contributed by atoms with E-state index < -0.39 is 0 Å². The maximum atomic E-state index is 13.4. The van der Waals surface area contributed by atoms with Crippen molar-refractivity contribution in [2.24, 2.45) is 0 Å². The Morgan fingerprint density at radius 1 is 1.15 bits per heavy atom. The van der Waals surface area contributed by atoms with Crippen LogP contribution in [0.2, 0.25) is 0 Å². The molecular formula is C21H34FN3O. The van der Waals surface area contributed by atoms with Gasteiger partial charge in [0.25, 0.3) is 0 Å². The summed E-state index contributed by atoms with van der Waals surface area (Å²) in [4.78, 5) is 7.63. The van der Waals surface area contributed by atoms with Gasteiger partial charge in [-0.05, 0) is 63.9 Å². The molecule has 0 saturated carbocycles. The van der Waals surface area contributed by atoms with Crippen LogP contribution in [0.3, 0.4) is 0 Å². The van der Waals surface area contributed by atoms with Gasteiger partial charge in [-0.15, -0.1) is 0 Å². The molecule has 0 unspecified atom stereocenters. The van der Waals surface area contributed by atoms with Crippen molar-refractivity contribution < 1.29 is 9.50 Å². The molecule has 146 valence electrons. The molecule has 0 amide bonds. The molecule has 2 heterocycles. The minimum atomic E-state index is -0.162. The van der Waals surface area contributed by atoms with Gasteiger partial charge in [0.2, 0.25) is 0 Å². The van der Waals surface area contributed by atoms with E-state index in [4.69, 9.17) is 0 Å². The van der Waals surface area contributed by atoms with Crippen LogP contribution >= 0.6 is 0 Å². The zero-order valence-corrected chi connectivity index (χ0v) is 16.3. The smallest absolute Gasteiger partial charge is 0.123 e. The molecule has 4 nitrogen and oxygen atoms in total. The Hall–Kier alpha value is -1.01. The van der Waals surface area contributed by atoms with E-state index in [9.17, 15) is 9.50 Å². The number of piperidine rings is 1. The minimum Gasteiger partial charge on any atom is -0.396 e. The second kappa shape index (κ2) is 9.27. The quantitative estimate of drug-likeness (QED) is 0.841. The van der Waals surface area contributed by atoms with Crippen LogP contribution in [0.4, 0.5) is 4.39 Å². The Morgan fingerprint density at radius 2 is 1.92 bits per heavy atom. The van der Waals surface area contributed by atoms with E-state index in [-0.39, 0.29) is 12.4 Å². The molecule has 2 fully saturated rings. The SMILES string of the molecule is CC(C)N1CCC(N2CCN(Cc3cccc(F)c3)C[C@@H]2CCO)CC1. The highest BCUT2D eigenvalue weighted by Crippen LogP contribution is 2.25. The van der Waals surface area contributed by atoms with E-state index in [2.05, 4.69) is 28.5 Å². The summed E-state index contributed by atoms with van der Waals surface area (Å²) in [5.74, 6) is -0.162. The summed E-state index contributed by atoms with van der Waals surface area (Å²) in [6.07, 6.45) is 3.28. The average molecular weight is 364 g/mol. The number of rotatable bonds is 6. The fraction of sp³-hybridized carbons (Fsp3) is 0.714. The van der Waals surface area contributed by atoms with Crippen LogP contribution in [-0.2, 0) is 6.54 Å². The van der Waals surface area contributed by atoms with Crippen LogP contribution in [0.25, 0.3) is 0 Å². The maximum Gasteiger partial charge on any atom is 0.123 e. The molecule has 0 radical (unpaired) electrons. The van der Waals surface area contributed by atoms with Gasteiger partial charge in [-0.25, -0.2) is 4.39 Å². The monoisotopic (exact) mass is 363 g/mol. The molecule has 2 saturated heterocycles. The van der Waals surface area contributed by atoms with Crippen LogP contribution < -0.4 is 0 Å². The van der Waals surface area contributed by atoms with Gasteiger partial charge in [0.15, 0.2) is 0 Å². The summed E-state index contributed by atoms with van der Waals surface area (Å²) < 4.78 is 13.4. The summed E-state index contributed by atoms with van der Waals surface area (Å²) in [6, 6.07) is 8.59. The molecule has 1 aromatic rings. The van der Waals surface area contributed by atoms with E-state index >= 15 is 0 Å². The lowest BCUT2D eigenvalue weighted by molar-refractivity contribution is -0.0000453. The number of aliphatic hydroxyl groups excluding tert-OH is 1. The summed E-state index contributed by atoms with van der Waals surface area (Å²) in [7, 11) is 0. The summed E-state index contributed by atoms with van der Waals surface area (Å²) >= 11 is 0.